The number of carbonyl (C=O) groups excluding carboxylic acids is 1. The molecule has 0 aliphatic heterocycles. The van der Waals surface area contributed by atoms with Crippen molar-refractivity contribution in [3.63, 3.8) is 0 Å². The predicted molar refractivity (Wildman–Crippen MR) is 71.0 cm³/mol. The molecule has 1 aromatic carbocycles. The van der Waals surface area contributed by atoms with Crippen molar-refractivity contribution in [3.05, 3.63) is 35.4 Å². The highest BCUT2D eigenvalue weighted by atomic mass is 19.4. The molecule has 3 nitrogen and oxygen atoms in total. The molecule has 1 amide bonds. The molecule has 112 valence electrons. The molecule has 0 aliphatic rings. The van der Waals surface area contributed by atoms with Gasteiger partial charge in [0.2, 0.25) is 5.91 Å². The van der Waals surface area contributed by atoms with Gasteiger partial charge in [0, 0.05) is 12.6 Å². The van der Waals surface area contributed by atoms with E-state index in [1.165, 1.54) is 12.1 Å². The lowest BCUT2D eigenvalue weighted by Crippen LogP contribution is -2.30. The van der Waals surface area contributed by atoms with Gasteiger partial charge in [-0.25, -0.2) is 0 Å². The molecular formula is C14H19F3N2O. The van der Waals surface area contributed by atoms with Crippen molar-refractivity contribution < 1.29 is 18.0 Å². The van der Waals surface area contributed by atoms with Crippen molar-refractivity contribution >= 4 is 5.91 Å². The topological polar surface area (TPSA) is 55.1 Å². The smallest absolute Gasteiger partial charge is 0.356 e. The minimum atomic E-state index is -4.35. The van der Waals surface area contributed by atoms with E-state index in [1.807, 2.05) is 6.92 Å². The number of nitrogens with one attached hydrogen (secondary N) is 1. The van der Waals surface area contributed by atoms with Gasteiger partial charge in [0.15, 0.2) is 0 Å². The predicted octanol–water partition coefficient (Wildman–Crippen LogP) is 2.49. The molecule has 3 N–H and O–H groups in total. The standard InChI is InChI=1S/C14H19F3N2O/c1-2-12(18)7-8-19-13(20)9-10-3-5-11(6-4-10)14(15,16)17/h3-6,12H,2,7-9,18H2,1H3,(H,19,20). The van der Waals surface area contributed by atoms with Crippen molar-refractivity contribution in [2.24, 2.45) is 5.73 Å². The fourth-order valence-electron chi connectivity index (χ4n) is 1.66. The van der Waals surface area contributed by atoms with Gasteiger partial charge in [-0.1, -0.05) is 19.1 Å². The molecule has 0 saturated heterocycles. The lowest BCUT2D eigenvalue weighted by atomic mass is 10.1. The molecule has 20 heavy (non-hydrogen) atoms. The molecule has 1 aromatic rings. The van der Waals surface area contributed by atoms with Crippen LogP contribution in [0.1, 0.15) is 30.9 Å². The van der Waals surface area contributed by atoms with Crippen molar-refractivity contribution in [1.82, 2.24) is 5.32 Å². The van der Waals surface area contributed by atoms with Crippen LogP contribution in [0.15, 0.2) is 24.3 Å². The fraction of sp³-hybridized carbons (Fsp3) is 0.500. The minimum Gasteiger partial charge on any atom is -0.356 e. The monoisotopic (exact) mass is 288 g/mol. The molecule has 1 rings (SSSR count). The summed E-state index contributed by atoms with van der Waals surface area (Å²) in [4.78, 5) is 11.6. The summed E-state index contributed by atoms with van der Waals surface area (Å²) in [7, 11) is 0. The molecule has 1 unspecified atom stereocenters. The fourth-order valence-corrected chi connectivity index (χ4v) is 1.66. The third-order valence-electron chi connectivity index (χ3n) is 3.01. The molecular weight excluding hydrogens is 269 g/mol. The Morgan fingerprint density at radius 1 is 1.30 bits per heavy atom. The highest BCUT2D eigenvalue weighted by molar-refractivity contribution is 5.78. The SMILES string of the molecule is CCC(N)CCNC(=O)Cc1ccc(C(F)(F)F)cc1. The van der Waals surface area contributed by atoms with E-state index in [0.29, 0.717) is 18.5 Å². The van der Waals surface area contributed by atoms with Crippen LogP contribution in [0.4, 0.5) is 13.2 Å². The van der Waals surface area contributed by atoms with Gasteiger partial charge in [0.05, 0.1) is 12.0 Å². The average molecular weight is 288 g/mol. The summed E-state index contributed by atoms with van der Waals surface area (Å²) in [5.74, 6) is -0.215. The molecule has 0 aliphatic carbocycles. The maximum atomic E-state index is 12.4. The summed E-state index contributed by atoms with van der Waals surface area (Å²) in [6, 6.07) is 4.66. The summed E-state index contributed by atoms with van der Waals surface area (Å²) < 4.78 is 37.1. The first kappa shape index (κ1) is 16.5. The third kappa shape index (κ3) is 5.61. The largest absolute Gasteiger partial charge is 0.416 e. The van der Waals surface area contributed by atoms with E-state index in [1.54, 1.807) is 0 Å². The van der Waals surface area contributed by atoms with Gasteiger partial charge in [-0.15, -0.1) is 0 Å². The van der Waals surface area contributed by atoms with Gasteiger partial charge < -0.3 is 11.1 Å². The summed E-state index contributed by atoms with van der Waals surface area (Å²) in [5.41, 5.74) is 5.55. The second-order valence-corrected chi connectivity index (χ2v) is 4.68. The van der Waals surface area contributed by atoms with Gasteiger partial charge >= 0.3 is 6.18 Å². The second-order valence-electron chi connectivity index (χ2n) is 4.68. The molecule has 0 bridgehead atoms. The van der Waals surface area contributed by atoms with Crippen molar-refractivity contribution in [3.8, 4) is 0 Å². The Balaban J connectivity index is 2.43. The Kier molecular flexibility index (Phi) is 6.01. The molecule has 6 heteroatoms. The molecule has 0 fully saturated rings. The summed E-state index contributed by atoms with van der Waals surface area (Å²) in [6.07, 6.45) is -2.75. The molecule has 0 spiro atoms. The number of benzene rings is 1. The number of nitrogens with two attached hydrogens (primary N) is 1. The van der Waals surface area contributed by atoms with E-state index in [2.05, 4.69) is 5.32 Å². The number of amides is 1. The average Bonchev–Trinajstić information content (AvgIpc) is 2.38. The second kappa shape index (κ2) is 7.28. The first-order chi connectivity index (χ1) is 9.32. The molecule has 0 aromatic heterocycles. The number of halogens is 3. The zero-order valence-corrected chi connectivity index (χ0v) is 11.3. The van der Waals surface area contributed by atoms with E-state index in [0.717, 1.165) is 18.6 Å². The number of rotatable bonds is 6. The zero-order valence-electron chi connectivity index (χ0n) is 11.3. The lowest BCUT2D eigenvalue weighted by molar-refractivity contribution is -0.137. The Bertz CT molecular complexity index is 429. The highest BCUT2D eigenvalue weighted by Crippen LogP contribution is 2.29. The Labute approximate surface area is 116 Å². The van der Waals surface area contributed by atoms with Crippen LogP contribution in [0.25, 0.3) is 0 Å². The van der Waals surface area contributed by atoms with E-state index >= 15 is 0 Å². The molecule has 0 heterocycles. The van der Waals surface area contributed by atoms with Crippen LogP contribution in [-0.4, -0.2) is 18.5 Å². The van der Waals surface area contributed by atoms with Crippen LogP contribution in [0.3, 0.4) is 0 Å². The van der Waals surface area contributed by atoms with Crippen molar-refractivity contribution in [2.45, 2.75) is 38.4 Å². The number of alkyl halides is 3. The van der Waals surface area contributed by atoms with E-state index < -0.39 is 11.7 Å². The highest BCUT2D eigenvalue weighted by Gasteiger charge is 2.29. The molecule has 1 atom stereocenters. The van der Waals surface area contributed by atoms with Gasteiger partial charge in [-0.3, -0.25) is 4.79 Å². The third-order valence-corrected chi connectivity index (χ3v) is 3.01. The zero-order chi connectivity index (χ0) is 15.2. The van der Waals surface area contributed by atoms with Gasteiger partial charge in [-0.2, -0.15) is 13.2 Å². The van der Waals surface area contributed by atoms with Crippen molar-refractivity contribution in [1.29, 1.82) is 0 Å². The maximum absolute atomic E-state index is 12.4. The summed E-state index contributed by atoms with van der Waals surface area (Å²) in [5, 5.41) is 2.70. The van der Waals surface area contributed by atoms with Gasteiger partial charge in [-0.05, 0) is 30.5 Å². The quantitative estimate of drug-likeness (QED) is 0.845. The Morgan fingerprint density at radius 3 is 2.40 bits per heavy atom. The van der Waals surface area contributed by atoms with Crippen LogP contribution < -0.4 is 11.1 Å². The summed E-state index contributed by atoms with van der Waals surface area (Å²) in [6.45, 7) is 2.45. The first-order valence-electron chi connectivity index (χ1n) is 6.51. The van der Waals surface area contributed by atoms with Crippen LogP contribution in [0, 0.1) is 0 Å². The van der Waals surface area contributed by atoms with Gasteiger partial charge in [0.25, 0.3) is 0 Å². The first-order valence-corrected chi connectivity index (χ1v) is 6.51. The van der Waals surface area contributed by atoms with Crippen molar-refractivity contribution in [2.75, 3.05) is 6.54 Å². The van der Waals surface area contributed by atoms with E-state index in [4.69, 9.17) is 5.73 Å². The normalized spacial score (nSPS) is 13.1. The van der Waals surface area contributed by atoms with Crippen LogP contribution in [-0.2, 0) is 17.4 Å². The van der Waals surface area contributed by atoms with Crippen LogP contribution in [0.5, 0.6) is 0 Å². The summed E-state index contributed by atoms with van der Waals surface area (Å²) >= 11 is 0. The maximum Gasteiger partial charge on any atom is 0.416 e. The van der Waals surface area contributed by atoms with Gasteiger partial charge in [0.1, 0.15) is 0 Å². The Morgan fingerprint density at radius 2 is 1.90 bits per heavy atom. The Hall–Kier alpha value is -1.56. The minimum absolute atomic E-state index is 0.0568. The van der Waals surface area contributed by atoms with E-state index in [-0.39, 0.29) is 18.4 Å². The number of hydrogen-bond acceptors (Lipinski definition) is 2. The number of carbonyl (C=O) groups is 1. The van der Waals surface area contributed by atoms with Crippen LogP contribution >= 0.6 is 0 Å². The van der Waals surface area contributed by atoms with E-state index in [9.17, 15) is 18.0 Å². The lowest BCUT2D eigenvalue weighted by Gasteiger charge is -2.10. The number of hydrogen-bond donors (Lipinski definition) is 2. The van der Waals surface area contributed by atoms with Crippen LogP contribution in [0.2, 0.25) is 0 Å². The molecule has 0 radical (unpaired) electrons. The molecule has 0 saturated carbocycles.